The van der Waals surface area contributed by atoms with Crippen molar-refractivity contribution in [1.82, 2.24) is 10.3 Å². The van der Waals surface area contributed by atoms with E-state index in [1.807, 2.05) is 30.3 Å². The van der Waals surface area contributed by atoms with Crippen LogP contribution in [0.4, 0.5) is 8.78 Å². The molecule has 1 aromatic heterocycles. The molecule has 5 atom stereocenters. The number of pyridine rings is 1. The number of allylic oxidation sites excluding steroid dienone is 1. The van der Waals surface area contributed by atoms with Crippen LogP contribution in [-0.4, -0.2) is 35.1 Å². The predicted octanol–water partition coefficient (Wildman–Crippen LogP) is 5.22. The van der Waals surface area contributed by atoms with Crippen molar-refractivity contribution >= 4 is 12.0 Å². The number of nitriles is 1. The Morgan fingerprint density at radius 2 is 2.00 bits per heavy atom. The fourth-order valence-electron chi connectivity index (χ4n) is 5.73. The van der Waals surface area contributed by atoms with Crippen LogP contribution < -0.4 is 5.32 Å². The Bertz CT molecular complexity index is 1190. The van der Waals surface area contributed by atoms with E-state index in [9.17, 15) is 10.1 Å². The van der Waals surface area contributed by atoms with Crippen molar-refractivity contribution in [2.24, 2.45) is 23.7 Å². The van der Waals surface area contributed by atoms with Gasteiger partial charge in [0.15, 0.2) is 0 Å². The highest BCUT2D eigenvalue weighted by atomic mass is 19.3. The molecule has 0 bridgehead atoms. The first-order valence-corrected chi connectivity index (χ1v) is 12.2. The molecule has 1 aromatic carbocycles. The van der Waals surface area contributed by atoms with Gasteiger partial charge in [-0.15, -0.1) is 0 Å². The summed E-state index contributed by atoms with van der Waals surface area (Å²) >= 11 is 0. The van der Waals surface area contributed by atoms with Gasteiger partial charge in [-0.2, -0.15) is 5.26 Å². The molecule has 0 unspecified atom stereocenters. The molecule has 2 aromatic rings. The van der Waals surface area contributed by atoms with E-state index in [1.54, 1.807) is 38.3 Å². The van der Waals surface area contributed by atoms with Crippen LogP contribution in [0.3, 0.4) is 0 Å². The highest BCUT2D eigenvalue weighted by Gasteiger charge is 2.68. The van der Waals surface area contributed by atoms with E-state index in [4.69, 9.17) is 4.74 Å². The summed E-state index contributed by atoms with van der Waals surface area (Å²) in [6.07, 6.45) is 6.35. The molecule has 0 amide bonds. The summed E-state index contributed by atoms with van der Waals surface area (Å²) in [7, 11) is 0. The van der Waals surface area contributed by atoms with Gasteiger partial charge in [-0.05, 0) is 56.4 Å². The van der Waals surface area contributed by atoms with Crippen molar-refractivity contribution < 1.29 is 18.3 Å². The topological polar surface area (TPSA) is 75.0 Å². The normalized spacial score (nSPS) is 31.7. The third kappa shape index (κ3) is 4.25. The number of aromatic nitrogens is 1. The van der Waals surface area contributed by atoms with Gasteiger partial charge in [0.05, 0.1) is 17.3 Å². The van der Waals surface area contributed by atoms with Crippen molar-refractivity contribution in [2.75, 3.05) is 6.54 Å². The van der Waals surface area contributed by atoms with Gasteiger partial charge in [-0.25, -0.2) is 8.78 Å². The average molecular weight is 478 g/mol. The van der Waals surface area contributed by atoms with E-state index < -0.39 is 41.8 Å². The quantitative estimate of drug-likeness (QED) is 0.577. The van der Waals surface area contributed by atoms with Crippen molar-refractivity contribution in [3.63, 3.8) is 0 Å². The van der Waals surface area contributed by atoms with Gasteiger partial charge in [0.25, 0.3) is 5.92 Å². The molecule has 3 fully saturated rings. The first-order valence-electron chi connectivity index (χ1n) is 12.2. The molecule has 0 radical (unpaired) electrons. The maximum absolute atomic E-state index is 15.3. The fraction of sp³-hybridized carbons (Fsp3) is 0.464. The van der Waals surface area contributed by atoms with Crippen LogP contribution in [0.15, 0.2) is 48.7 Å². The zero-order valence-corrected chi connectivity index (χ0v) is 19.9. The number of hydrogen-bond donors (Lipinski definition) is 1. The van der Waals surface area contributed by atoms with Gasteiger partial charge in [0, 0.05) is 35.6 Å². The number of benzene rings is 1. The molecule has 0 spiro atoms. The second kappa shape index (κ2) is 8.83. The summed E-state index contributed by atoms with van der Waals surface area (Å²) in [6, 6.07) is 13.2. The number of carbonyl (C=O) groups excluding carboxylic acids is 1. The molecule has 1 saturated heterocycles. The summed E-state index contributed by atoms with van der Waals surface area (Å²) in [5.41, 5.74) is 1.42. The standard InChI is InChI=1S/C28H29F2N3O2/c1-17-23(12-11-22-10-9-21(15-32-22)24-6-4-3-5-20(24)13-31)25-18(2)35-26(34)27(25,16-28(17,29)30)33-14-19-7-8-19/h3-6,9-12,15,17-19,23,25,33H,7-8,14,16H2,1-2H3/b12-11+/t17-,18+,23-,25-,27-/m0/s1. The van der Waals surface area contributed by atoms with Crippen molar-refractivity contribution in [1.29, 1.82) is 5.26 Å². The van der Waals surface area contributed by atoms with Crippen molar-refractivity contribution in [3.8, 4) is 17.2 Å². The van der Waals surface area contributed by atoms with Crippen LogP contribution in [0.1, 0.15) is 44.4 Å². The molecule has 2 heterocycles. The summed E-state index contributed by atoms with van der Waals surface area (Å²) in [4.78, 5) is 17.4. The number of nitrogens with one attached hydrogen (secondary N) is 1. The number of carbonyl (C=O) groups is 1. The minimum absolute atomic E-state index is 0.388. The van der Waals surface area contributed by atoms with E-state index in [0.717, 1.165) is 24.0 Å². The lowest BCUT2D eigenvalue weighted by Gasteiger charge is -2.48. The number of halogens is 2. The van der Waals surface area contributed by atoms with E-state index in [1.165, 1.54) is 0 Å². The second-order valence-corrected chi connectivity index (χ2v) is 10.2. The number of hydrogen-bond acceptors (Lipinski definition) is 5. The molecule has 35 heavy (non-hydrogen) atoms. The Balaban J connectivity index is 1.43. The Labute approximate surface area is 204 Å². The predicted molar refractivity (Wildman–Crippen MR) is 128 cm³/mol. The zero-order valence-electron chi connectivity index (χ0n) is 19.9. The Morgan fingerprint density at radius 3 is 2.69 bits per heavy atom. The van der Waals surface area contributed by atoms with Crippen molar-refractivity contribution in [3.05, 3.63) is 59.9 Å². The van der Waals surface area contributed by atoms with Gasteiger partial charge in [-0.3, -0.25) is 9.78 Å². The van der Waals surface area contributed by atoms with Gasteiger partial charge < -0.3 is 10.1 Å². The highest BCUT2D eigenvalue weighted by Crippen LogP contribution is 2.55. The lowest BCUT2D eigenvalue weighted by Crippen LogP contribution is -2.65. The maximum atomic E-state index is 15.3. The molecule has 1 aliphatic heterocycles. The van der Waals surface area contributed by atoms with Gasteiger partial charge in [-0.1, -0.05) is 37.3 Å². The molecular formula is C28H29F2N3O2. The Hall–Kier alpha value is -3.11. The van der Waals surface area contributed by atoms with Gasteiger partial charge in [0.2, 0.25) is 0 Å². The largest absolute Gasteiger partial charge is 0.461 e. The molecule has 1 N–H and O–H groups in total. The molecule has 5 rings (SSSR count). The Morgan fingerprint density at radius 1 is 1.23 bits per heavy atom. The van der Waals surface area contributed by atoms with Crippen LogP contribution in [0.25, 0.3) is 17.2 Å². The van der Waals surface area contributed by atoms with E-state index in [-0.39, 0.29) is 5.92 Å². The first kappa shape index (κ1) is 23.6. The second-order valence-electron chi connectivity index (χ2n) is 10.2. The van der Waals surface area contributed by atoms with Crippen LogP contribution in [-0.2, 0) is 9.53 Å². The third-order valence-corrected chi connectivity index (χ3v) is 7.94. The van der Waals surface area contributed by atoms with Crippen LogP contribution in [0.5, 0.6) is 0 Å². The maximum Gasteiger partial charge on any atom is 0.327 e. The fourth-order valence-corrected chi connectivity index (χ4v) is 5.73. The van der Waals surface area contributed by atoms with Crippen LogP contribution in [0.2, 0.25) is 0 Å². The number of cyclic esters (lactones) is 1. The van der Waals surface area contributed by atoms with E-state index in [2.05, 4.69) is 16.4 Å². The molecule has 2 saturated carbocycles. The molecular weight excluding hydrogens is 448 g/mol. The van der Waals surface area contributed by atoms with Crippen LogP contribution >= 0.6 is 0 Å². The highest BCUT2D eigenvalue weighted by molar-refractivity contribution is 5.84. The summed E-state index contributed by atoms with van der Waals surface area (Å²) in [6.45, 7) is 3.93. The minimum atomic E-state index is -3.01. The number of rotatable bonds is 6. The van der Waals surface area contributed by atoms with Crippen LogP contribution in [0, 0.1) is 35.0 Å². The summed E-state index contributed by atoms with van der Waals surface area (Å²) < 4.78 is 36.1. The van der Waals surface area contributed by atoms with E-state index in [0.29, 0.717) is 23.7 Å². The summed E-state index contributed by atoms with van der Waals surface area (Å²) in [5, 5.41) is 12.6. The van der Waals surface area contributed by atoms with Gasteiger partial charge in [0.1, 0.15) is 11.6 Å². The smallest absolute Gasteiger partial charge is 0.327 e. The Kier molecular flexibility index (Phi) is 5.96. The molecule has 182 valence electrons. The molecule has 2 aliphatic carbocycles. The molecule has 7 heteroatoms. The molecule has 3 aliphatic rings. The lowest BCUT2D eigenvalue weighted by atomic mass is 9.60. The van der Waals surface area contributed by atoms with Crippen molar-refractivity contribution in [2.45, 2.75) is 50.7 Å². The number of esters is 1. The number of alkyl halides is 2. The SMILES string of the molecule is C[C@H]1OC(=O)[C@]2(NCC3CC3)CC(F)(F)[C@@H](C)[C@H](/C=C/c3ccc(-c4ccccc4C#N)cn3)[C@H]12. The lowest BCUT2D eigenvalue weighted by molar-refractivity contribution is -0.159. The average Bonchev–Trinajstić information content (AvgIpc) is 3.64. The zero-order chi connectivity index (χ0) is 24.8. The first-order chi connectivity index (χ1) is 16.7. The number of nitrogens with zero attached hydrogens (tertiary/aromatic N) is 2. The summed E-state index contributed by atoms with van der Waals surface area (Å²) in [5.74, 6) is -5.01. The van der Waals surface area contributed by atoms with Gasteiger partial charge >= 0.3 is 5.97 Å². The minimum Gasteiger partial charge on any atom is -0.461 e. The third-order valence-electron chi connectivity index (χ3n) is 7.94. The molecule has 5 nitrogen and oxygen atoms in total. The number of fused-ring (bicyclic) bond motifs is 1. The number of ether oxygens (including phenoxy) is 1. The monoisotopic (exact) mass is 477 g/mol. The van der Waals surface area contributed by atoms with E-state index >= 15 is 8.78 Å².